The molecule has 0 radical (unpaired) electrons. The second-order valence-corrected chi connectivity index (χ2v) is 13.6. The van der Waals surface area contributed by atoms with Crippen molar-refractivity contribution in [1.82, 2.24) is 15.2 Å². The maximum Gasteiger partial charge on any atom is 0.306 e. The second kappa shape index (κ2) is 17.8. The molecule has 0 spiro atoms. The van der Waals surface area contributed by atoms with Crippen molar-refractivity contribution in [2.45, 2.75) is 53.6 Å². The Balaban J connectivity index is 1.34. The van der Waals surface area contributed by atoms with Crippen molar-refractivity contribution >= 4 is 29.2 Å². The monoisotopic (exact) mass is 711 g/mol. The number of aryl methyl sites for hydroxylation is 1. The summed E-state index contributed by atoms with van der Waals surface area (Å²) in [5.41, 5.74) is 11.5. The molecule has 1 aliphatic rings. The maximum atomic E-state index is 11.4. The molecule has 0 amide bonds. The van der Waals surface area contributed by atoms with Crippen LogP contribution in [-0.2, 0) is 17.9 Å². The van der Waals surface area contributed by atoms with Crippen molar-refractivity contribution in [2.24, 2.45) is 5.92 Å². The Kier molecular flexibility index (Phi) is 13.0. The van der Waals surface area contributed by atoms with Crippen molar-refractivity contribution in [3.8, 4) is 22.9 Å². The van der Waals surface area contributed by atoms with Gasteiger partial charge >= 0.3 is 5.97 Å². The van der Waals surface area contributed by atoms with E-state index < -0.39 is 5.97 Å². The SMILES string of the molecule is C=C(Oc1c(C)cc(CN2CCC(C(=O)O)CC2)cc1C#N)c1cccc(-c2cccc(NC(=C)c3ncc(CNCCO)cc3/C=C\C)c2C)c1C. The molecular formula is C44H49N5O4. The molecule has 274 valence electrons. The lowest BCUT2D eigenvalue weighted by molar-refractivity contribution is -0.143. The smallest absolute Gasteiger partial charge is 0.306 e. The molecule has 0 aliphatic carbocycles. The lowest BCUT2D eigenvalue weighted by Crippen LogP contribution is -2.35. The fourth-order valence-corrected chi connectivity index (χ4v) is 6.94. The van der Waals surface area contributed by atoms with Gasteiger partial charge in [0.05, 0.1) is 29.5 Å². The minimum atomic E-state index is -0.725. The Labute approximate surface area is 313 Å². The number of nitrogens with one attached hydrogen (secondary N) is 2. The van der Waals surface area contributed by atoms with Gasteiger partial charge in [0.25, 0.3) is 0 Å². The Morgan fingerprint density at radius 3 is 2.45 bits per heavy atom. The highest BCUT2D eigenvalue weighted by molar-refractivity contribution is 5.85. The van der Waals surface area contributed by atoms with Crippen molar-refractivity contribution in [3.63, 3.8) is 0 Å². The fraction of sp³-hybridized carbons (Fsp3) is 0.295. The topological polar surface area (TPSA) is 131 Å². The molecule has 0 saturated carbocycles. The number of aromatic nitrogens is 1. The molecule has 53 heavy (non-hydrogen) atoms. The van der Waals surface area contributed by atoms with E-state index >= 15 is 0 Å². The van der Waals surface area contributed by atoms with E-state index in [0.29, 0.717) is 68.3 Å². The number of allylic oxidation sites excluding steroid dienone is 1. The van der Waals surface area contributed by atoms with Gasteiger partial charge in [0.2, 0.25) is 0 Å². The predicted octanol–water partition coefficient (Wildman–Crippen LogP) is 8.09. The summed E-state index contributed by atoms with van der Waals surface area (Å²) in [4.78, 5) is 18.3. The number of ether oxygens (including phenoxy) is 1. The van der Waals surface area contributed by atoms with E-state index in [9.17, 15) is 15.2 Å². The molecule has 9 nitrogen and oxygen atoms in total. The molecule has 9 heteroatoms. The first-order valence-electron chi connectivity index (χ1n) is 18.0. The standard InChI is InChI=1S/C44H49N5O4/c1-7-10-36-23-34(25-46-17-20-50)26-47-42(36)31(5)48-41-14-9-13-40(30(41)4)39-12-8-11-38(29(39)3)32(6)53-43-28(2)21-33(22-37(43)24-45)27-49-18-15-35(16-19-49)44(51)52/h7-14,21-23,26,35,46,48,50H,5-6,15-20,25,27H2,1-4H3,(H,51,52)/b10-7-. The molecule has 0 bridgehead atoms. The minimum Gasteiger partial charge on any atom is -0.481 e. The molecule has 1 fully saturated rings. The molecule has 1 saturated heterocycles. The van der Waals surface area contributed by atoms with E-state index in [4.69, 9.17) is 14.8 Å². The predicted molar refractivity (Wildman–Crippen MR) is 213 cm³/mol. The first kappa shape index (κ1) is 38.7. The average Bonchev–Trinajstić information content (AvgIpc) is 3.14. The molecule has 3 aromatic carbocycles. The molecule has 4 aromatic rings. The zero-order chi connectivity index (χ0) is 38.1. The van der Waals surface area contributed by atoms with Crippen LogP contribution in [0.3, 0.4) is 0 Å². The largest absolute Gasteiger partial charge is 0.481 e. The third kappa shape index (κ3) is 9.29. The Hall–Kier alpha value is -5.53. The number of rotatable bonds is 15. The van der Waals surface area contributed by atoms with Crippen LogP contribution < -0.4 is 15.4 Å². The van der Waals surface area contributed by atoms with Gasteiger partial charge in [-0.1, -0.05) is 61.7 Å². The summed E-state index contributed by atoms with van der Waals surface area (Å²) in [5.74, 6) is -0.0786. The van der Waals surface area contributed by atoms with Crippen LogP contribution in [-0.4, -0.2) is 52.3 Å². The number of benzene rings is 3. The number of nitriles is 1. The highest BCUT2D eigenvalue weighted by Gasteiger charge is 2.25. The van der Waals surface area contributed by atoms with Crippen LogP contribution in [0.15, 0.2) is 80.0 Å². The van der Waals surface area contributed by atoms with Gasteiger partial charge in [-0.15, -0.1) is 0 Å². The van der Waals surface area contributed by atoms with E-state index in [1.54, 1.807) is 0 Å². The average molecular weight is 712 g/mol. The number of carbonyl (C=O) groups is 1. The van der Waals surface area contributed by atoms with Gasteiger partial charge in [0, 0.05) is 42.6 Å². The normalized spacial score (nSPS) is 13.5. The lowest BCUT2D eigenvalue weighted by Gasteiger charge is -2.30. The van der Waals surface area contributed by atoms with Crippen molar-refractivity contribution in [3.05, 3.63) is 130 Å². The first-order chi connectivity index (χ1) is 25.5. The van der Waals surface area contributed by atoms with Gasteiger partial charge in [-0.2, -0.15) is 5.26 Å². The Morgan fingerprint density at radius 2 is 1.77 bits per heavy atom. The number of anilines is 1. The van der Waals surface area contributed by atoms with Crippen LogP contribution in [0.1, 0.15) is 70.0 Å². The van der Waals surface area contributed by atoms with Gasteiger partial charge in [0.15, 0.2) is 0 Å². The zero-order valence-electron chi connectivity index (χ0n) is 31.1. The highest BCUT2D eigenvalue weighted by Crippen LogP contribution is 2.37. The molecule has 4 N–H and O–H groups in total. The summed E-state index contributed by atoms with van der Waals surface area (Å²) < 4.78 is 6.39. The molecule has 5 rings (SSSR count). The number of aliphatic carboxylic acids is 1. The number of nitrogens with zero attached hydrogens (tertiary/aromatic N) is 3. The summed E-state index contributed by atoms with van der Waals surface area (Å²) in [6.45, 7) is 20.0. The number of carboxylic acids is 1. The number of hydrogen-bond donors (Lipinski definition) is 4. The third-order valence-electron chi connectivity index (χ3n) is 9.79. The zero-order valence-corrected chi connectivity index (χ0v) is 31.1. The van der Waals surface area contributed by atoms with Crippen LogP contribution in [0, 0.1) is 38.0 Å². The van der Waals surface area contributed by atoms with Crippen LogP contribution in [0.4, 0.5) is 5.69 Å². The summed E-state index contributed by atoms with van der Waals surface area (Å²) in [6.07, 6.45) is 7.08. The van der Waals surface area contributed by atoms with Gasteiger partial charge in [-0.05, 0) is 111 Å². The maximum absolute atomic E-state index is 11.4. The third-order valence-corrected chi connectivity index (χ3v) is 9.79. The number of aliphatic hydroxyl groups excluding tert-OH is 1. The highest BCUT2D eigenvalue weighted by atomic mass is 16.5. The van der Waals surface area contributed by atoms with Crippen molar-refractivity contribution in [1.29, 1.82) is 5.26 Å². The number of hydrogen-bond acceptors (Lipinski definition) is 8. The van der Waals surface area contributed by atoms with Crippen LogP contribution in [0.2, 0.25) is 0 Å². The molecule has 0 unspecified atom stereocenters. The van der Waals surface area contributed by atoms with E-state index in [-0.39, 0.29) is 12.5 Å². The molecule has 1 aliphatic heterocycles. The number of carboxylic acid groups (broad SMARTS) is 1. The first-order valence-corrected chi connectivity index (χ1v) is 18.0. The molecule has 0 atom stereocenters. The van der Waals surface area contributed by atoms with Gasteiger partial charge in [-0.25, -0.2) is 0 Å². The van der Waals surface area contributed by atoms with E-state index in [1.807, 2.05) is 68.6 Å². The Bertz CT molecular complexity index is 2070. The number of aliphatic hydroxyl groups is 1. The summed E-state index contributed by atoms with van der Waals surface area (Å²) in [6, 6.07) is 20.5. The number of pyridine rings is 1. The minimum absolute atomic E-state index is 0.0805. The summed E-state index contributed by atoms with van der Waals surface area (Å²) >= 11 is 0. The lowest BCUT2D eigenvalue weighted by atomic mass is 9.92. The molecular weight excluding hydrogens is 663 g/mol. The Morgan fingerprint density at radius 1 is 1.06 bits per heavy atom. The van der Waals surface area contributed by atoms with E-state index in [1.165, 1.54) is 0 Å². The van der Waals surface area contributed by atoms with Gasteiger partial charge in [-0.3, -0.25) is 14.7 Å². The van der Waals surface area contributed by atoms with Crippen molar-refractivity contribution in [2.75, 3.05) is 31.6 Å². The van der Waals surface area contributed by atoms with Gasteiger partial charge in [0.1, 0.15) is 17.6 Å². The molecule has 1 aromatic heterocycles. The number of piperidine rings is 1. The van der Waals surface area contributed by atoms with Crippen LogP contribution in [0.5, 0.6) is 5.75 Å². The molecule has 2 heterocycles. The van der Waals surface area contributed by atoms with Crippen LogP contribution >= 0.6 is 0 Å². The van der Waals surface area contributed by atoms with Gasteiger partial charge < -0.3 is 25.6 Å². The fourth-order valence-electron chi connectivity index (χ4n) is 6.94. The second-order valence-electron chi connectivity index (χ2n) is 13.6. The van der Waals surface area contributed by atoms with Crippen molar-refractivity contribution < 1.29 is 19.7 Å². The number of likely N-dealkylation sites (tertiary alicyclic amines) is 1. The van der Waals surface area contributed by atoms with E-state index in [2.05, 4.69) is 66.8 Å². The van der Waals surface area contributed by atoms with E-state index in [0.717, 1.165) is 61.5 Å². The van der Waals surface area contributed by atoms with Crippen LogP contribution in [0.25, 0.3) is 28.7 Å². The summed E-state index contributed by atoms with van der Waals surface area (Å²) in [7, 11) is 0. The quantitative estimate of drug-likeness (QED) is 0.0714. The summed E-state index contributed by atoms with van der Waals surface area (Å²) in [5, 5.41) is 35.3.